The van der Waals surface area contributed by atoms with Gasteiger partial charge in [0.1, 0.15) is 0 Å². The summed E-state index contributed by atoms with van der Waals surface area (Å²) < 4.78 is 0. The van der Waals surface area contributed by atoms with E-state index in [0.29, 0.717) is 30.1 Å². The lowest BCUT2D eigenvalue weighted by Gasteiger charge is -2.18. The van der Waals surface area contributed by atoms with Crippen molar-refractivity contribution in [1.29, 1.82) is 0 Å². The quantitative estimate of drug-likeness (QED) is 0.777. The minimum Gasteiger partial charge on any atom is -0.339 e. The molecule has 2 aromatic carbocycles. The molecular formula is C19H22N2O2S. The predicted molar refractivity (Wildman–Crippen MR) is 99.5 cm³/mol. The Labute approximate surface area is 147 Å². The van der Waals surface area contributed by atoms with Crippen LogP contribution in [-0.4, -0.2) is 35.6 Å². The standard InChI is InChI=1S/C19H22N2O2S/c1-3-21(4-2)19(23)15-10-12-16(13-11-15)20-18(22)14-24-17-8-6-5-7-9-17/h5-13H,3-4,14H2,1-2H3,(H,20,22). The van der Waals surface area contributed by atoms with E-state index >= 15 is 0 Å². The zero-order valence-corrected chi connectivity index (χ0v) is 14.8. The van der Waals surface area contributed by atoms with Crippen molar-refractivity contribution in [3.8, 4) is 0 Å². The van der Waals surface area contributed by atoms with E-state index < -0.39 is 0 Å². The van der Waals surface area contributed by atoms with Gasteiger partial charge < -0.3 is 10.2 Å². The first-order valence-electron chi connectivity index (χ1n) is 8.01. The molecule has 1 N–H and O–H groups in total. The topological polar surface area (TPSA) is 49.4 Å². The predicted octanol–water partition coefficient (Wildman–Crippen LogP) is 3.90. The maximum atomic E-state index is 12.2. The number of nitrogens with zero attached hydrogens (tertiary/aromatic N) is 1. The molecule has 0 atom stereocenters. The Balaban J connectivity index is 1.89. The number of rotatable bonds is 7. The first-order chi connectivity index (χ1) is 11.6. The number of thioether (sulfide) groups is 1. The van der Waals surface area contributed by atoms with Gasteiger partial charge in [-0.3, -0.25) is 9.59 Å². The van der Waals surface area contributed by atoms with Gasteiger partial charge in [-0.15, -0.1) is 11.8 Å². The Kier molecular flexibility index (Phi) is 6.88. The average molecular weight is 342 g/mol. The number of nitrogens with one attached hydrogen (secondary N) is 1. The maximum Gasteiger partial charge on any atom is 0.253 e. The number of hydrogen-bond donors (Lipinski definition) is 1. The van der Waals surface area contributed by atoms with Crippen LogP contribution in [0.4, 0.5) is 5.69 Å². The normalized spacial score (nSPS) is 10.2. The first-order valence-corrected chi connectivity index (χ1v) is 8.99. The minimum absolute atomic E-state index is 0.0116. The SMILES string of the molecule is CCN(CC)C(=O)c1ccc(NC(=O)CSc2ccccc2)cc1. The van der Waals surface area contributed by atoms with E-state index in [-0.39, 0.29) is 11.8 Å². The lowest BCUT2D eigenvalue weighted by molar-refractivity contribution is -0.113. The van der Waals surface area contributed by atoms with Crippen LogP contribution in [0.5, 0.6) is 0 Å². The van der Waals surface area contributed by atoms with E-state index in [9.17, 15) is 9.59 Å². The molecule has 0 aliphatic carbocycles. The van der Waals surface area contributed by atoms with Crippen LogP contribution in [0, 0.1) is 0 Å². The van der Waals surface area contributed by atoms with Crippen molar-refractivity contribution in [3.63, 3.8) is 0 Å². The highest BCUT2D eigenvalue weighted by molar-refractivity contribution is 8.00. The van der Waals surface area contributed by atoms with Crippen molar-refractivity contribution < 1.29 is 9.59 Å². The van der Waals surface area contributed by atoms with E-state index in [2.05, 4.69) is 5.32 Å². The fourth-order valence-corrected chi connectivity index (χ4v) is 2.97. The molecular weight excluding hydrogens is 320 g/mol. The molecule has 5 heteroatoms. The van der Waals surface area contributed by atoms with E-state index in [1.165, 1.54) is 11.8 Å². The van der Waals surface area contributed by atoms with Crippen LogP contribution in [0.3, 0.4) is 0 Å². The molecule has 126 valence electrons. The van der Waals surface area contributed by atoms with Gasteiger partial charge in [-0.05, 0) is 50.2 Å². The summed E-state index contributed by atoms with van der Waals surface area (Å²) in [6.45, 7) is 5.29. The van der Waals surface area contributed by atoms with Gasteiger partial charge in [0, 0.05) is 29.2 Å². The molecule has 0 aromatic heterocycles. The number of amides is 2. The summed E-state index contributed by atoms with van der Waals surface area (Å²) in [6.07, 6.45) is 0. The molecule has 0 aliphatic heterocycles. The Morgan fingerprint density at radius 1 is 0.958 bits per heavy atom. The van der Waals surface area contributed by atoms with E-state index in [1.807, 2.05) is 44.2 Å². The van der Waals surface area contributed by atoms with Crippen LogP contribution in [0.25, 0.3) is 0 Å². The van der Waals surface area contributed by atoms with E-state index in [0.717, 1.165) is 4.90 Å². The number of carbonyl (C=O) groups is 2. The van der Waals surface area contributed by atoms with Crippen molar-refractivity contribution in [2.75, 3.05) is 24.2 Å². The van der Waals surface area contributed by atoms with E-state index in [4.69, 9.17) is 0 Å². The molecule has 2 amide bonds. The summed E-state index contributed by atoms with van der Waals surface area (Å²) in [6, 6.07) is 16.8. The van der Waals surface area contributed by atoms with Crippen molar-refractivity contribution >= 4 is 29.3 Å². The molecule has 0 bridgehead atoms. The lowest BCUT2D eigenvalue weighted by atomic mass is 10.2. The van der Waals surface area contributed by atoms with Gasteiger partial charge in [-0.25, -0.2) is 0 Å². The highest BCUT2D eigenvalue weighted by Crippen LogP contribution is 2.18. The van der Waals surface area contributed by atoms with Crippen LogP contribution in [0.1, 0.15) is 24.2 Å². The minimum atomic E-state index is -0.0633. The van der Waals surface area contributed by atoms with Crippen molar-refractivity contribution in [2.45, 2.75) is 18.7 Å². The summed E-state index contributed by atoms with van der Waals surface area (Å²) in [7, 11) is 0. The van der Waals surface area contributed by atoms with Crippen molar-refractivity contribution in [1.82, 2.24) is 4.90 Å². The molecule has 2 rings (SSSR count). The van der Waals surface area contributed by atoms with Gasteiger partial charge in [0.25, 0.3) is 5.91 Å². The van der Waals surface area contributed by atoms with Gasteiger partial charge >= 0.3 is 0 Å². The number of carbonyl (C=O) groups excluding carboxylic acids is 2. The smallest absolute Gasteiger partial charge is 0.253 e. The molecule has 0 fully saturated rings. The lowest BCUT2D eigenvalue weighted by Crippen LogP contribution is -2.30. The molecule has 0 unspecified atom stereocenters. The summed E-state index contributed by atoms with van der Waals surface area (Å²) >= 11 is 1.49. The monoisotopic (exact) mass is 342 g/mol. The number of anilines is 1. The third-order valence-electron chi connectivity index (χ3n) is 3.58. The largest absolute Gasteiger partial charge is 0.339 e. The Morgan fingerprint density at radius 2 is 1.58 bits per heavy atom. The summed E-state index contributed by atoms with van der Waals surface area (Å²) in [4.78, 5) is 27.1. The van der Waals surface area contributed by atoms with Crippen LogP contribution >= 0.6 is 11.8 Å². The highest BCUT2D eigenvalue weighted by Gasteiger charge is 2.12. The third-order valence-corrected chi connectivity index (χ3v) is 4.59. The zero-order valence-electron chi connectivity index (χ0n) is 14.0. The molecule has 0 spiro atoms. The second kappa shape index (κ2) is 9.13. The molecule has 2 aromatic rings. The molecule has 0 saturated heterocycles. The molecule has 24 heavy (non-hydrogen) atoms. The summed E-state index contributed by atoms with van der Waals surface area (Å²) in [5.41, 5.74) is 1.33. The van der Waals surface area contributed by atoms with Crippen LogP contribution in [0.15, 0.2) is 59.5 Å². The Bertz CT molecular complexity index is 668. The van der Waals surface area contributed by atoms with Gasteiger partial charge in [0.05, 0.1) is 5.75 Å². The second-order valence-corrected chi connectivity index (χ2v) is 6.25. The van der Waals surface area contributed by atoms with Crippen LogP contribution < -0.4 is 5.32 Å². The summed E-state index contributed by atoms with van der Waals surface area (Å²) in [5.74, 6) is 0.300. The highest BCUT2D eigenvalue weighted by atomic mass is 32.2. The fourth-order valence-electron chi connectivity index (χ4n) is 2.25. The van der Waals surface area contributed by atoms with Crippen LogP contribution in [0.2, 0.25) is 0 Å². The summed E-state index contributed by atoms with van der Waals surface area (Å²) in [5, 5.41) is 2.85. The molecule has 0 saturated carbocycles. The maximum absolute atomic E-state index is 12.2. The van der Waals surface area contributed by atoms with E-state index in [1.54, 1.807) is 29.2 Å². The molecule has 4 nitrogen and oxygen atoms in total. The Hall–Kier alpha value is -2.27. The number of benzene rings is 2. The zero-order chi connectivity index (χ0) is 17.4. The van der Waals surface area contributed by atoms with Gasteiger partial charge in [0.15, 0.2) is 0 Å². The molecule has 0 heterocycles. The Morgan fingerprint density at radius 3 is 2.17 bits per heavy atom. The fraction of sp³-hybridized carbons (Fsp3) is 0.263. The van der Waals surface area contributed by atoms with Crippen molar-refractivity contribution in [2.24, 2.45) is 0 Å². The first kappa shape index (κ1) is 18.1. The van der Waals surface area contributed by atoms with Gasteiger partial charge in [0.2, 0.25) is 5.91 Å². The van der Waals surface area contributed by atoms with Crippen LogP contribution in [-0.2, 0) is 4.79 Å². The molecule has 0 radical (unpaired) electrons. The number of hydrogen-bond acceptors (Lipinski definition) is 3. The third kappa shape index (κ3) is 5.13. The van der Waals surface area contributed by atoms with Crippen molar-refractivity contribution in [3.05, 3.63) is 60.2 Å². The van der Waals surface area contributed by atoms with Gasteiger partial charge in [-0.2, -0.15) is 0 Å². The van der Waals surface area contributed by atoms with Gasteiger partial charge in [-0.1, -0.05) is 18.2 Å². The molecule has 0 aliphatic rings. The average Bonchev–Trinajstić information content (AvgIpc) is 2.62. The second-order valence-electron chi connectivity index (χ2n) is 5.20.